The Hall–Kier alpha value is -3.09. The molecule has 2 unspecified atom stereocenters. The maximum absolute atomic E-state index is 12.9. The molecule has 4 rings (SSSR count). The third-order valence-corrected chi connectivity index (χ3v) is 6.65. The summed E-state index contributed by atoms with van der Waals surface area (Å²) in [5.74, 6) is 1.08. The zero-order chi connectivity index (χ0) is 23.5. The molecule has 33 heavy (non-hydrogen) atoms. The maximum atomic E-state index is 12.9. The van der Waals surface area contributed by atoms with Gasteiger partial charge < -0.3 is 19.4 Å². The minimum absolute atomic E-state index is 0.159. The van der Waals surface area contributed by atoms with Gasteiger partial charge in [0.1, 0.15) is 17.6 Å². The molecule has 0 saturated heterocycles. The van der Waals surface area contributed by atoms with Crippen molar-refractivity contribution in [1.29, 1.82) is 0 Å². The average Bonchev–Trinajstić information content (AvgIpc) is 3.40. The van der Waals surface area contributed by atoms with Crippen molar-refractivity contribution in [3.63, 3.8) is 0 Å². The molecule has 176 valence electrons. The highest BCUT2D eigenvalue weighted by molar-refractivity contribution is 5.99. The number of carboxylic acid groups (broad SMARTS) is 1. The first-order valence-electron chi connectivity index (χ1n) is 11.9. The highest BCUT2D eigenvalue weighted by atomic mass is 16.4. The van der Waals surface area contributed by atoms with Gasteiger partial charge in [-0.1, -0.05) is 33.6 Å². The van der Waals surface area contributed by atoms with Gasteiger partial charge in [0.05, 0.1) is 23.7 Å². The summed E-state index contributed by atoms with van der Waals surface area (Å²) in [5, 5.41) is 12.2. The molecule has 7 heteroatoms. The fourth-order valence-electron chi connectivity index (χ4n) is 4.97. The molecular formula is C26H33N3O4. The van der Waals surface area contributed by atoms with E-state index >= 15 is 0 Å². The predicted octanol–water partition coefficient (Wildman–Crippen LogP) is 5.20. The van der Waals surface area contributed by atoms with Crippen LogP contribution < -0.4 is 5.32 Å². The number of carboxylic acids is 1. The van der Waals surface area contributed by atoms with Crippen LogP contribution in [0.15, 0.2) is 41.0 Å². The number of aliphatic carboxylic acids is 1. The topological polar surface area (TPSA) is 97.4 Å². The van der Waals surface area contributed by atoms with Crippen molar-refractivity contribution in [2.75, 3.05) is 0 Å². The molecule has 0 spiro atoms. The Kier molecular flexibility index (Phi) is 6.86. The highest BCUT2D eigenvalue weighted by Gasteiger charge is 2.28. The van der Waals surface area contributed by atoms with Gasteiger partial charge in [0.2, 0.25) is 0 Å². The van der Waals surface area contributed by atoms with E-state index in [0.29, 0.717) is 30.4 Å². The normalized spacial score (nSPS) is 19.6. The standard InChI is InChI=1S/C26H33N3O4/c1-16(2)13-21(26(31)32)28-25(30)18-10-11-23-20(14-18)27-24(15-19-8-6-12-33-19)29(23)22-9-5-4-7-17(22)3/h6,8,10-12,14,16-17,21-22H,4-5,7,9,13,15H2,1-3H3,(H,28,30)(H,31,32)/t17?,21?,22-/m0/s1. The van der Waals surface area contributed by atoms with Crippen molar-refractivity contribution in [1.82, 2.24) is 14.9 Å². The molecule has 2 heterocycles. The Morgan fingerprint density at radius 3 is 2.70 bits per heavy atom. The third-order valence-electron chi connectivity index (χ3n) is 6.65. The number of carbonyl (C=O) groups is 2. The molecule has 7 nitrogen and oxygen atoms in total. The number of nitrogens with one attached hydrogen (secondary N) is 1. The largest absolute Gasteiger partial charge is 0.480 e. The van der Waals surface area contributed by atoms with Gasteiger partial charge in [0.25, 0.3) is 5.91 Å². The second-order valence-electron chi connectivity index (χ2n) is 9.68. The predicted molar refractivity (Wildman–Crippen MR) is 126 cm³/mol. The average molecular weight is 452 g/mol. The van der Waals surface area contributed by atoms with Crippen LogP contribution in [0.25, 0.3) is 11.0 Å². The van der Waals surface area contributed by atoms with Crippen molar-refractivity contribution in [2.45, 2.75) is 71.4 Å². The molecule has 0 bridgehead atoms. The number of fused-ring (bicyclic) bond motifs is 1. The molecule has 2 N–H and O–H groups in total. The molecule has 3 aromatic rings. The summed E-state index contributed by atoms with van der Waals surface area (Å²) in [6.45, 7) is 6.18. The minimum atomic E-state index is -1.02. The highest BCUT2D eigenvalue weighted by Crippen LogP contribution is 2.37. The van der Waals surface area contributed by atoms with Crippen LogP contribution in [0, 0.1) is 11.8 Å². The number of imidazole rings is 1. The lowest BCUT2D eigenvalue weighted by Crippen LogP contribution is -2.41. The fourth-order valence-corrected chi connectivity index (χ4v) is 4.97. The number of furan rings is 1. The first-order valence-corrected chi connectivity index (χ1v) is 11.9. The quantitative estimate of drug-likeness (QED) is 0.491. The van der Waals surface area contributed by atoms with E-state index in [4.69, 9.17) is 9.40 Å². The summed E-state index contributed by atoms with van der Waals surface area (Å²) in [4.78, 5) is 29.4. The Morgan fingerprint density at radius 2 is 2.03 bits per heavy atom. The summed E-state index contributed by atoms with van der Waals surface area (Å²) < 4.78 is 7.92. The molecular weight excluding hydrogens is 418 g/mol. The van der Waals surface area contributed by atoms with E-state index in [1.165, 1.54) is 19.3 Å². The zero-order valence-electron chi connectivity index (χ0n) is 19.6. The number of carbonyl (C=O) groups excluding carboxylic acids is 1. The Labute approximate surface area is 194 Å². The number of rotatable bonds is 8. The molecule has 1 aliphatic carbocycles. The maximum Gasteiger partial charge on any atom is 0.326 e. The van der Waals surface area contributed by atoms with E-state index in [9.17, 15) is 14.7 Å². The second kappa shape index (κ2) is 9.81. The van der Waals surface area contributed by atoms with Gasteiger partial charge in [-0.25, -0.2) is 9.78 Å². The summed E-state index contributed by atoms with van der Waals surface area (Å²) >= 11 is 0. The summed E-state index contributed by atoms with van der Waals surface area (Å²) in [5.41, 5.74) is 2.17. The van der Waals surface area contributed by atoms with Crippen LogP contribution in [-0.2, 0) is 11.2 Å². The van der Waals surface area contributed by atoms with Gasteiger partial charge in [-0.05, 0) is 61.4 Å². The van der Waals surface area contributed by atoms with Gasteiger partial charge in [-0.15, -0.1) is 0 Å². The molecule has 2 aromatic heterocycles. The monoisotopic (exact) mass is 451 g/mol. The van der Waals surface area contributed by atoms with E-state index in [-0.39, 0.29) is 5.92 Å². The first-order chi connectivity index (χ1) is 15.8. The third kappa shape index (κ3) is 5.13. The van der Waals surface area contributed by atoms with E-state index < -0.39 is 17.9 Å². The molecule has 1 saturated carbocycles. The van der Waals surface area contributed by atoms with Crippen LogP contribution in [-0.4, -0.2) is 32.6 Å². The van der Waals surface area contributed by atoms with Crippen LogP contribution in [0.5, 0.6) is 0 Å². The second-order valence-corrected chi connectivity index (χ2v) is 9.68. The van der Waals surface area contributed by atoms with Crippen molar-refractivity contribution in [3.8, 4) is 0 Å². The number of aromatic nitrogens is 2. The van der Waals surface area contributed by atoms with E-state index in [1.807, 2.05) is 32.0 Å². The van der Waals surface area contributed by atoms with Crippen LogP contribution >= 0.6 is 0 Å². The van der Waals surface area contributed by atoms with Crippen LogP contribution in [0.1, 0.15) is 80.9 Å². The smallest absolute Gasteiger partial charge is 0.326 e. The number of benzene rings is 1. The van der Waals surface area contributed by atoms with Crippen LogP contribution in [0.3, 0.4) is 0 Å². The summed E-state index contributed by atoms with van der Waals surface area (Å²) in [6.07, 6.45) is 7.38. The number of hydrogen-bond donors (Lipinski definition) is 2. The lowest BCUT2D eigenvalue weighted by Gasteiger charge is -2.31. The van der Waals surface area contributed by atoms with Gasteiger partial charge in [-0.3, -0.25) is 4.79 Å². The minimum Gasteiger partial charge on any atom is -0.480 e. The van der Waals surface area contributed by atoms with E-state index in [1.54, 1.807) is 18.4 Å². The molecule has 3 atom stereocenters. The summed E-state index contributed by atoms with van der Waals surface area (Å²) in [6, 6.07) is 8.77. The van der Waals surface area contributed by atoms with Gasteiger partial charge in [0.15, 0.2) is 0 Å². The molecule has 1 amide bonds. The lowest BCUT2D eigenvalue weighted by atomic mass is 9.85. The molecule has 1 aromatic carbocycles. The Balaban J connectivity index is 1.68. The molecule has 0 radical (unpaired) electrons. The number of amides is 1. The molecule has 0 aliphatic heterocycles. The van der Waals surface area contributed by atoms with Crippen LogP contribution in [0.4, 0.5) is 0 Å². The number of nitrogens with zero attached hydrogens (tertiary/aromatic N) is 2. The van der Waals surface area contributed by atoms with Crippen molar-refractivity contribution < 1.29 is 19.1 Å². The Bertz CT molecular complexity index is 1120. The van der Waals surface area contributed by atoms with Crippen LogP contribution in [0.2, 0.25) is 0 Å². The van der Waals surface area contributed by atoms with Crippen molar-refractivity contribution in [2.24, 2.45) is 11.8 Å². The van der Waals surface area contributed by atoms with Gasteiger partial charge >= 0.3 is 5.97 Å². The molecule has 1 fully saturated rings. The summed E-state index contributed by atoms with van der Waals surface area (Å²) in [7, 11) is 0. The first kappa shape index (κ1) is 23.1. The SMILES string of the molecule is CC(C)CC(NC(=O)c1ccc2c(c1)nc(Cc1ccco1)n2[C@H]1CCCCC1C)C(=O)O. The van der Waals surface area contributed by atoms with Crippen molar-refractivity contribution in [3.05, 3.63) is 53.7 Å². The Morgan fingerprint density at radius 1 is 1.24 bits per heavy atom. The van der Waals surface area contributed by atoms with Gasteiger partial charge in [-0.2, -0.15) is 0 Å². The fraction of sp³-hybridized carbons (Fsp3) is 0.500. The van der Waals surface area contributed by atoms with E-state index in [2.05, 4.69) is 16.8 Å². The van der Waals surface area contributed by atoms with E-state index in [0.717, 1.165) is 29.0 Å². The molecule has 1 aliphatic rings. The van der Waals surface area contributed by atoms with Crippen molar-refractivity contribution >= 4 is 22.9 Å². The van der Waals surface area contributed by atoms with Gasteiger partial charge in [0, 0.05) is 11.6 Å². The zero-order valence-corrected chi connectivity index (χ0v) is 19.6. The number of hydrogen-bond acceptors (Lipinski definition) is 4. The lowest BCUT2D eigenvalue weighted by molar-refractivity contribution is -0.139.